The Morgan fingerprint density at radius 3 is 2.13 bits per heavy atom. The molecule has 0 fully saturated rings. The highest BCUT2D eigenvalue weighted by molar-refractivity contribution is 6.05. The molecule has 0 unspecified atom stereocenters. The molecule has 0 saturated heterocycles. The van der Waals surface area contributed by atoms with E-state index in [1.165, 1.54) is 18.2 Å². The van der Waals surface area contributed by atoms with Crippen molar-refractivity contribution in [3.05, 3.63) is 81.7 Å². The number of amides is 1. The minimum Gasteiger partial charge on any atom is -0.316 e. The van der Waals surface area contributed by atoms with Crippen LogP contribution in [0.5, 0.6) is 0 Å². The lowest BCUT2D eigenvalue weighted by atomic mass is 10.1. The van der Waals surface area contributed by atoms with Crippen LogP contribution in [0, 0.1) is 10.1 Å². The third-order valence-corrected chi connectivity index (χ3v) is 4.01. The monoisotopic (exact) mass is 444 g/mol. The number of nitrogens with one attached hydrogen (secondary N) is 1. The molecule has 0 atom stereocenters. The van der Waals surface area contributed by atoms with Gasteiger partial charge in [0.05, 0.1) is 10.6 Å². The number of anilines is 1. The van der Waals surface area contributed by atoms with Gasteiger partial charge >= 0.3 is 12.4 Å². The summed E-state index contributed by atoms with van der Waals surface area (Å²) in [6.45, 7) is 0. The summed E-state index contributed by atoms with van der Waals surface area (Å²) in [6.07, 6.45) is -10.2. The molecule has 0 aliphatic carbocycles. The summed E-state index contributed by atoms with van der Waals surface area (Å²) in [4.78, 5) is 22.6. The van der Waals surface area contributed by atoms with Crippen LogP contribution in [0.4, 0.5) is 37.7 Å². The molecule has 1 amide bonds. The normalized spacial score (nSPS) is 11.9. The first kappa shape index (κ1) is 21.8. The minimum absolute atomic E-state index is 0.0759. The largest absolute Gasteiger partial charge is 0.435 e. The van der Waals surface area contributed by atoms with Crippen molar-refractivity contribution in [3.63, 3.8) is 0 Å². The van der Waals surface area contributed by atoms with E-state index in [-0.39, 0.29) is 33.4 Å². The van der Waals surface area contributed by atoms with Crippen LogP contribution in [0.2, 0.25) is 0 Å². The van der Waals surface area contributed by atoms with Gasteiger partial charge < -0.3 is 5.32 Å². The fraction of sp³-hybridized carbons (Fsp3) is 0.111. The zero-order valence-electron chi connectivity index (χ0n) is 15.0. The van der Waals surface area contributed by atoms with Crippen LogP contribution < -0.4 is 5.32 Å². The first-order chi connectivity index (χ1) is 14.4. The summed E-state index contributed by atoms with van der Waals surface area (Å²) >= 11 is 0. The summed E-state index contributed by atoms with van der Waals surface area (Å²) in [5.41, 5.74) is -4.32. The van der Waals surface area contributed by atoms with E-state index in [1.54, 1.807) is 0 Å². The molecule has 13 heteroatoms. The van der Waals surface area contributed by atoms with E-state index in [4.69, 9.17) is 0 Å². The number of para-hydroxylation sites is 2. The van der Waals surface area contributed by atoms with Crippen LogP contribution in [-0.2, 0) is 12.4 Å². The zero-order valence-corrected chi connectivity index (χ0v) is 15.0. The quantitative estimate of drug-likeness (QED) is 0.346. The van der Waals surface area contributed by atoms with Gasteiger partial charge in [0.2, 0.25) is 0 Å². The number of halogens is 6. The van der Waals surface area contributed by atoms with Gasteiger partial charge in [-0.3, -0.25) is 14.9 Å². The standard InChI is InChI=1S/C18H10F6N4O3/c19-17(20,21)14-9-15(18(22,23)24)27(26-14)11-7-5-10(6-8-11)16(29)25-12-3-1-2-4-13(12)28(30)31/h1-9H,(H,25,29). The molecule has 3 aromatic rings. The van der Waals surface area contributed by atoms with Crippen LogP contribution in [-0.4, -0.2) is 20.6 Å². The van der Waals surface area contributed by atoms with Crippen molar-refractivity contribution in [2.45, 2.75) is 12.4 Å². The molecule has 0 bridgehead atoms. The number of rotatable bonds is 4. The van der Waals surface area contributed by atoms with E-state index in [0.29, 0.717) is 0 Å². The first-order valence-electron chi connectivity index (χ1n) is 8.27. The van der Waals surface area contributed by atoms with Crippen LogP contribution in [0.15, 0.2) is 54.6 Å². The molecular formula is C18H10F6N4O3. The number of carbonyl (C=O) groups excluding carboxylic acids is 1. The van der Waals surface area contributed by atoms with E-state index in [2.05, 4.69) is 10.4 Å². The maximum Gasteiger partial charge on any atom is 0.435 e. The summed E-state index contributed by atoms with van der Waals surface area (Å²) in [7, 11) is 0. The molecule has 0 radical (unpaired) electrons. The first-order valence-corrected chi connectivity index (χ1v) is 8.27. The summed E-state index contributed by atoms with van der Waals surface area (Å²) in [5, 5.41) is 16.3. The molecule has 1 heterocycles. The van der Waals surface area contributed by atoms with Crippen molar-refractivity contribution >= 4 is 17.3 Å². The second-order valence-electron chi connectivity index (χ2n) is 6.10. The fourth-order valence-corrected chi connectivity index (χ4v) is 2.61. The number of benzene rings is 2. The molecule has 0 spiro atoms. The lowest BCUT2D eigenvalue weighted by molar-refractivity contribution is -0.383. The average Bonchev–Trinajstić information content (AvgIpc) is 3.15. The van der Waals surface area contributed by atoms with Crippen molar-refractivity contribution in [2.24, 2.45) is 0 Å². The third-order valence-electron chi connectivity index (χ3n) is 4.01. The highest BCUT2D eigenvalue weighted by atomic mass is 19.4. The van der Waals surface area contributed by atoms with Gasteiger partial charge in [0.1, 0.15) is 11.4 Å². The molecule has 3 rings (SSSR count). The van der Waals surface area contributed by atoms with Gasteiger partial charge in [0.15, 0.2) is 5.69 Å². The lowest BCUT2D eigenvalue weighted by Crippen LogP contribution is -2.15. The van der Waals surface area contributed by atoms with Gasteiger partial charge in [-0.25, -0.2) is 4.68 Å². The number of alkyl halides is 6. The van der Waals surface area contributed by atoms with E-state index in [9.17, 15) is 41.3 Å². The number of carbonyl (C=O) groups is 1. The number of nitro groups is 1. The van der Waals surface area contributed by atoms with Gasteiger partial charge in [0, 0.05) is 17.7 Å². The van der Waals surface area contributed by atoms with Crippen LogP contribution in [0.25, 0.3) is 5.69 Å². The third kappa shape index (κ3) is 4.65. The van der Waals surface area contributed by atoms with E-state index < -0.39 is 34.6 Å². The molecule has 162 valence electrons. The topological polar surface area (TPSA) is 90.1 Å². The van der Waals surface area contributed by atoms with Gasteiger partial charge in [-0.15, -0.1) is 0 Å². The Balaban J connectivity index is 1.91. The Labute approximate surface area is 169 Å². The maximum atomic E-state index is 13.1. The lowest BCUT2D eigenvalue weighted by Gasteiger charge is -2.11. The predicted octanol–water partition coefficient (Wildman–Crippen LogP) is 5.07. The zero-order chi connectivity index (χ0) is 23.0. The minimum atomic E-state index is -5.11. The number of nitro benzene ring substituents is 1. The Morgan fingerprint density at radius 1 is 0.968 bits per heavy atom. The van der Waals surface area contributed by atoms with Gasteiger partial charge in [0.25, 0.3) is 11.6 Å². The van der Waals surface area contributed by atoms with Gasteiger partial charge in [-0.1, -0.05) is 12.1 Å². The number of aromatic nitrogens is 2. The maximum absolute atomic E-state index is 13.1. The average molecular weight is 444 g/mol. The summed E-state index contributed by atoms with van der Waals surface area (Å²) in [5.74, 6) is -0.812. The summed E-state index contributed by atoms with van der Waals surface area (Å²) < 4.78 is 77.9. The predicted molar refractivity (Wildman–Crippen MR) is 94.6 cm³/mol. The van der Waals surface area contributed by atoms with Crippen LogP contribution >= 0.6 is 0 Å². The van der Waals surface area contributed by atoms with Gasteiger partial charge in [-0.05, 0) is 30.3 Å². The van der Waals surface area contributed by atoms with E-state index in [1.807, 2.05) is 0 Å². The Kier molecular flexibility index (Phi) is 5.44. The smallest absolute Gasteiger partial charge is 0.316 e. The van der Waals surface area contributed by atoms with E-state index >= 15 is 0 Å². The highest BCUT2D eigenvalue weighted by Crippen LogP contribution is 2.36. The molecule has 0 aliphatic rings. The molecular weight excluding hydrogens is 434 g/mol. The Bertz CT molecular complexity index is 1140. The van der Waals surface area contributed by atoms with Crippen LogP contribution in [0.3, 0.4) is 0 Å². The molecule has 31 heavy (non-hydrogen) atoms. The number of hydrogen-bond acceptors (Lipinski definition) is 4. The molecule has 0 aliphatic heterocycles. The second kappa shape index (κ2) is 7.74. The van der Waals surface area contributed by atoms with Crippen molar-refractivity contribution in [1.82, 2.24) is 9.78 Å². The molecule has 2 aromatic carbocycles. The van der Waals surface area contributed by atoms with E-state index in [0.717, 1.165) is 30.3 Å². The van der Waals surface area contributed by atoms with Crippen molar-refractivity contribution < 1.29 is 36.1 Å². The van der Waals surface area contributed by atoms with Gasteiger partial charge in [-0.2, -0.15) is 31.4 Å². The molecule has 0 saturated carbocycles. The molecule has 7 nitrogen and oxygen atoms in total. The summed E-state index contributed by atoms with van der Waals surface area (Å²) in [6, 6.07) is 9.20. The van der Waals surface area contributed by atoms with Crippen molar-refractivity contribution in [1.29, 1.82) is 0 Å². The van der Waals surface area contributed by atoms with Crippen molar-refractivity contribution in [2.75, 3.05) is 5.32 Å². The number of nitrogens with zero attached hydrogens (tertiary/aromatic N) is 3. The fourth-order valence-electron chi connectivity index (χ4n) is 2.61. The number of hydrogen-bond donors (Lipinski definition) is 1. The molecule has 1 aromatic heterocycles. The van der Waals surface area contributed by atoms with Crippen molar-refractivity contribution in [3.8, 4) is 5.69 Å². The SMILES string of the molecule is O=C(Nc1ccccc1[N+](=O)[O-])c1ccc(-n2nc(C(F)(F)F)cc2C(F)(F)F)cc1. The Hall–Kier alpha value is -3.90. The molecule has 1 N–H and O–H groups in total. The second-order valence-corrected chi connectivity index (χ2v) is 6.10. The van der Waals surface area contributed by atoms with Crippen LogP contribution in [0.1, 0.15) is 21.7 Å². The Morgan fingerprint density at radius 2 is 1.58 bits per heavy atom. The highest BCUT2D eigenvalue weighted by Gasteiger charge is 2.42.